The number of thiocarbonyl (C=S) groups is 1. The Morgan fingerprint density at radius 2 is 1.80 bits per heavy atom. The van der Waals surface area contributed by atoms with E-state index in [4.69, 9.17) is 16.6 Å². The number of amides is 1. The van der Waals surface area contributed by atoms with Gasteiger partial charge in [-0.25, -0.2) is 9.37 Å². The molecule has 150 valence electrons. The highest BCUT2D eigenvalue weighted by Crippen LogP contribution is 2.28. The van der Waals surface area contributed by atoms with Gasteiger partial charge in [-0.15, -0.1) is 0 Å². The smallest absolute Gasteiger partial charge is 0.260 e. The maximum Gasteiger partial charge on any atom is 0.260 e. The van der Waals surface area contributed by atoms with Gasteiger partial charge in [0, 0.05) is 11.3 Å². The molecule has 1 amide bonds. The van der Waals surface area contributed by atoms with Crippen LogP contribution in [0.1, 0.15) is 21.5 Å². The van der Waals surface area contributed by atoms with Crippen LogP contribution in [0.3, 0.4) is 0 Å². The SMILES string of the molecule is Cc1cc(C)c2oc(-c3ccc(NC(=S)NC(=O)c4ccccc4F)cc3)nc2c1. The molecule has 1 aromatic heterocycles. The normalized spacial score (nSPS) is 10.8. The minimum atomic E-state index is -0.612. The van der Waals surface area contributed by atoms with Gasteiger partial charge in [-0.2, -0.15) is 0 Å². The minimum absolute atomic E-state index is 0.0708. The van der Waals surface area contributed by atoms with Crippen molar-refractivity contribution in [2.45, 2.75) is 13.8 Å². The summed E-state index contributed by atoms with van der Waals surface area (Å²) < 4.78 is 19.6. The molecule has 0 unspecified atom stereocenters. The number of carbonyl (C=O) groups is 1. The first-order valence-corrected chi connectivity index (χ1v) is 9.66. The number of nitrogens with zero attached hydrogens (tertiary/aromatic N) is 1. The van der Waals surface area contributed by atoms with E-state index in [1.807, 2.05) is 32.0 Å². The highest BCUT2D eigenvalue weighted by Gasteiger charge is 2.13. The zero-order valence-corrected chi connectivity index (χ0v) is 17.1. The summed E-state index contributed by atoms with van der Waals surface area (Å²) in [6.07, 6.45) is 0. The molecular weight excluding hydrogens is 401 g/mol. The molecule has 3 aromatic carbocycles. The number of aryl methyl sites for hydroxylation is 2. The molecule has 2 N–H and O–H groups in total. The van der Waals surface area contributed by atoms with Crippen LogP contribution in [0.4, 0.5) is 10.1 Å². The Labute approximate surface area is 177 Å². The number of hydrogen-bond acceptors (Lipinski definition) is 4. The van der Waals surface area contributed by atoms with Crippen molar-refractivity contribution in [2.75, 3.05) is 5.32 Å². The van der Waals surface area contributed by atoms with E-state index in [-0.39, 0.29) is 10.7 Å². The molecule has 0 aliphatic rings. The van der Waals surface area contributed by atoms with Crippen molar-refractivity contribution in [2.24, 2.45) is 0 Å². The monoisotopic (exact) mass is 419 g/mol. The Kier molecular flexibility index (Phi) is 5.29. The molecular formula is C23H18FN3O2S. The second-order valence-corrected chi connectivity index (χ2v) is 7.32. The number of carbonyl (C=O) groups excluding carboxylic acids is 1. The Hall–Kier alpha value is -3.58. The van der Waals surface area contributed by atoms with Crippen molar-refractivity contribution in [1.29, 1.82) is 0 Å². The third-order valence-electron chi connectivity index (χ3n) is 4.56. The van der Waals surface area contributed by atoms with Crippen LogP contribution in [0.2, 0.25) is 0 Å². The topological polar surface area (TPSA) is 67.2 Å². The lowest BCUT2D eigenvalue weighted by atomic mass is 10.1. The van der Waals surface area contributed by atoms with Crippen LogP contribution in [0.15, 0.2) is 65.1 Å². The molecule has 0 aliphatic carbocycles. The van der Waals surface area contributed by atoms with Gasteiger partial charge < -0.3 is 9.73 Å². The van der Waals surface area contributed by atoms with Crippen LogP contribution in [-0.2, 0) is 0 Å². The number of aromatic nitrogens is 1. The molecule has 0 saturated carbocycles. The van der Waals surface area contributed by atoms with Gasteiger partial charge >= 0.3 is 0 Å². The molecule has 1 heterocycles. The van der Waals surface area contributed by atoms with Gasteiger partial charge in [0.1, 0.15) is 11.3 Å². The Morgan fingerprint density at radius 1 is 1.07 bits per heavy atom. The zero-order chi connectivity index (χ0) is 21.3. The summed E-state index contributed by atoms with van der Waals surface area (Å²) in [5.74, 6) is -0.689. The first-order valence-electron chi connectivity index (χ1n) is 9.26. The van der Waals surface area contributed by atoms with Crippen LogP contribution in [0.5, 0.6) is 0 Å². The number of hydrogen-bond donors (Lipinski definition) is 2. The van der Waals surface area contributed by atoms with E-state index in [1.165, 1.54) is 18.2 Å². The fraction of sp³-hybridized carbons (Fsp3) is 0.0870. The average molecular weight is 419 g/mol. The number of rotatable bonds is 3. The number of fused-ring (bicyclic) bond motifs is 1. The summed E-state index contributed by atoms with van der Waals surface area (Å²) in [6, 6.07) is 17.0. The van der Waals surface area contributed by atoms with E-state index in [1.54, 1.807) is 18.2 Å². The zero-order valence-electron chi connectivity index (χ0n) is 16.3. The number of anilines is 1. The lowest BCUT2D eigenvalue weighted by Gasteiger charge is -2.10. The van der Waals surface area contributed by atoms with Gasteiger partial charge in [0.25, 0.3) is 5.91 Å². The van der Waals surface area contributed by atoms with Gasteiger partial charge in [-0.3, -0.25) is 10.1 Å². The van der Waals surface area contributed by atoms with Crippen molar-refractivity contribution in [3.63, 3.8) is 0 Å². The summed E-state index contributed by atoms with van der Waals surface area (Å²) in [5, 5.41) is 5.45. The van der Waals surface area contributed by atoms with Crippen molar-refractivity contribution in [3.05, 3.63) is 83.2 Å². The molecule has 0 aliphatic heterocycles. The average Bonchev–Trinajstić information content (AvgIpc) is 3.13. The Balaban J connectivity index is 1.46. The van der Waals surface area contributed by atoms with Crippen LogP contribution in [0, 0.1) is 19.7 Å². The molecule has 0 saturated heterocycles. The Bertz CT molecular complexity index is 1270. The standard InChI is InChI=1S/C23H18FN3O2S/c1-13-11-14(2)20-19(12-13)26-22(29-20)15-7-9-16(10-8-15)25-23(30)27-21(28)17-5-3-4-6-18(17)24/h3-12H,1-2H3,(H2,25,27,28,30). The molecule has 0 atom stereocenters. The van der Waals surface area contributed by atoms with Gasteiger partial charge in [0.2, 0.25) is 5.89 Å². The third-order valence-corrected chi connectivity index (χ3v) is 4.76. The molecule has 4 rings (SSSR count). The summed E-state index contributed by atoms with van der Waals surface area (Å²) in [6.45, 7) is 4.02. The fourth-order valence-electron chi connectivity index (χ4n) is 3.17. The number of benzene rings is 3. The van der Waals surface area contributed by atoms with Crippen molar-refractivity contribution >= 4 is 40.0 Å². The van der Waals surface area contributed by atoms with E-state index in [9.17, 15) is 9.18 Å². The lowest BCUT2D eigenvalue weighted by Crippen LogP contribution is -2.34. The quantitative estimate of drug-likeness (QED) is 0.437. The minimum Gasteiger partial charge on any atom is -0.436 e. The molecule has 30 heavy (non-hydrogen) atoms. The lowest BCUT2D eigenvalue weighted by molar-refractivity contribution is 0.0974. The molecule has 0 bridgehead atoms. The molecule has 0 radical (unpaired) electrons. The molecule has 0 spiro atoms. The molecule has 7 heteroatoms. The van der Waals surface area contributed by atoms with E-state index >= 15 is 0 Å². The Morgan fingerprint density at radius 3 is 2.53 bits per heavy atom. The fourth-order valence-corrected chi connectivity index (χ4v) is 3.38. The molecule has 4 aromatic rings. The van der Waals surface area contributed by atoms with Gasteiger partial charge in [-0.1, -0.05) is 18.2 Å². The highest BCUT2D eigenvalue weighted by atomic mass is 32.1. The van der Waals surface area contributed by atoms with E-state index in [2.05, 4.69) is 21.7 Å². The molecule has 5 nitrogen and oxygen atoms in total. The van der Waals surface area contributed by atoms with E-state index in [0.29, 0.717) is 11.6 Å². The van der Waals surface area contributed by atoms with Crippen LogP contribution in [-0.4, -0.2) is 16.0 Å². The second-order valence-electron chi connectivity index (χ2n) is 6.91. The van der Waals surface area contributed by atoms with Gasteiger partial charge in [0.15, 0.2) is 10.7 Å². The summed E-state index contributed by atoms with van der Waals surface area (Å²) in [7, 11) is 0. The summed E-state index contributed by atoms with van der Waals surface area (Å²) >= 11 is 5.16. The van der Waals surface area contributed by atoms with E-state index in [0.717, 1.165) is 27.8 Å². The molecule has 0 fully saturated rings. The van der Waals surface area contributed by atoms with Crippen molar-refractivity contribution in [3.8, 4) is 11.5 Å². The van der Waals surface area contributed by atoms with Gasteiger partial charge in [0.05, 0.1) is 5.56 Å². The number of oxazole rings is 1. The van der Waals surface area contributed by atoms with Crippen molar-refractivity contribution in [1.82, 2.24) is 10.3 Å². The number of halogens is 1. The van der Waals surface area contributed by atoms with Gasteiger partial charge in [-0.05, 0) is 79.7 Å². The second kappa shape index (κ2) is 8.04. The predicted octanol–water partition coefficient (Wildman–Crippen LogP) is 5.38. The van der Waals surface area contributed by atoms with Crippen molar-refractivity contribution < 1.29 is 13.6 Å². The largest absolute Gasteiger partial charge is 0.436 e. The third kappa shape index (κ3) is 4.06. The maximum absolute atomic E-state index is 13.7. The summed E-state index contributed by atoms with van der Waals surface area (Å²) in [4.78, 5) is 16.7. The highest BCUT2D eigenvalue weighted by molar-refractivity contribution is 7.80. The van der Waals surface area contributed by atoms with E-state index < -0.39 is 11.7 Å². The maximum atomic E-state index is 13.7. The van der Waals surface area contributed by atoms with Crippen LogP contribution >= 0.6 is 12.2 Å². The van der Waals surface area contributed by atoms with Crippen LogP contribution in [0.25, 0.3) is 22.6 Å². The first-order chi connectivity index (χ1) is 14.4. The van der Waals surface area contributed by atoms with Crippen LogP contribution < -0.4 is 10.6 Å². The first kappa shape index (κ1) is 19.7. The summed E-state index contributed by atoms with van der Waals surface area (Å²) in [5.41, 5.74) is 5.18. The number of nitrogens with one attached hydrogen (secondary N) is 2. The predicted molar refractivity (Wildman–Crippen MR) is 119 cm³/mol.